The number of carbonyl (C=O) groups excluding carboxylic acids is 1. The van der Waals surface area contributed by atoms with Gasteiger partial charge in [0.2, 0.25) is 5.82 Å². The Hall–Kier alpha value is -6.62. The second-order valence-electron chi connectivity index (χ2n) is 13.5. The van der Waals surface area contributed by atoms with E-state index in [1.165, 1.54) is 0 Å². The summed E-state index contributed by atoms with van der Waals surface area (Å²) in [6, 6.07) is 6.02. The van der Waals surface area contributed by atoms with E-state index in [0.717, 1.165) is 24.3 Å². The first-order valence-corrected chi connectivity index (χ1v) is 17.0. The lowest BCUT2D eigenvalue weighted by atomic mass is 9.99. The van der Waals surface area contributed by atoms with Gasteiger partial charge >= 0.3 is 36.0 Å². The van der Waals surface area contributed by atoms with Crippen molar-refractivity contribution in [1.29, 1.82) is 0 Å². The number of nitrogens with one attached hydrogen (secondary N) is 2. The predicted molar refractivity (Wildman–Crippen MR) is 185 cm³/mol. The Bertz CT molecular complexity index is 2890. The summed E-state index contributed by atoms with van der Waals surface area (Å²) in [6.45, 7) is 0. The van der Waals surface area contributed by atoms with Crippen LogP contribution in [0.15, 0.2) is 48.5 Å². The molecule has 2 aliphatic rings. The maximum absolute atomic E-state index is 16.0. The summed E-state index contributed by atoms with van der Waals surface area (Å²) in [7, 11) is 0. The molecule has 5 nitrogen and oxygen atoms in total. The Morgan fingerprint density at radius 2 is 0.762 bits per heavy atom. The third-order valence-corrected chi connectivity index (χ3v) is 9.68. The molecule has 0 radical (unpaired) electrons. The summed E-state index contributed by atoms with van der Waals surface area (Å²) >= 11 is 0. The van der Waals surface area contributed by atoms with Gasteiger partial charge in [0.15, 0.2) is 23.3 Å². The normalized spacial score (nSPS) is 13.9. The standard InChI is InChI=1S/C39H15F19N4O/c40-29-26(30(41)32(43)33(44)31(29)42)25-18-7-11-22(61-18)27(34(45,46)36(49,50)38(53,54)55)20-9-5-16(59-20)24(15-3-1-14(13-63)2-4-15)17-6-10-21(60-17)28(23-12-8-19(25)62-23)35(47,48)37(51,52)39(56,57)58/h1-13,59,62H. The second-order valence-corrected chi connectivity index (χ2v) is 13.5. The van der Waals surface area contributed by atoms with E-state index in [1.807, 2.05) is 0 Å². The van der Waals surface area contributed by atoms with Crippen molar-refractivity contribution in [2.75, 3.05) is 0 Å². The Balaban J connectivity index is 1.79. The van der Waals surface area contributed by atoms with E-state index in [4.69, 9.17) is 0 Å². The quantitative estimate of drug-likeness (QED) is 0.0724. The van der Waals surface area contributed by atoms with E-state index < -0.39 is 138 Å². The van der Waals surface area contributed by atoms with Gasteiger partial charge in [0.05, 0.1) is 50.5 Å². The van der Waals surface area contributed by atoms with Crippen LogP contribution in [0.25, 0.3) is 68.6 Å². The zero-order valence-electron chi connectivity index (χ0n) is 30.0. The largest absolute Gasteiger partial charge is 0.460 e. The highest BCUT2D eigenvalue weighted by molar-refractivity contribution is 5.95. The number of carbonyl (C=O) groups is 1. The fourth-order valence-corrected chi connectivity index (χ4v) is 6.66. The maximum atomic E-state index is 16.0. The Kier molecular flexibility index (Phi) is 10.2. The van der Waals surface area contributed by atoms with Gasteiger partial charge in [-0.25, -0.2) is 31.9 Å². The molecule has 0 unspecified atom stereocenters. The summed E-state index contributed by atoms with van der Waals surface area (Å²) < 4.78 is 280. The molecule has 0 amide bonds. The van der Waals surface area contributed by atoms with Crippen LogP contribution in [-0.4, -0.2) is 50.4 Å². The van der Waals surface area contributed by atoms with Crippen molar-refractivity contribution in [2.24, 2.45) is 0 Å². The minimum absolute atomic E-state index is 0.0483. The summed E-state index contributed by atoms with van der Waals surface area (Å²) in [5.74, 6) is -40.6. The fourth-order valence-electron chi connectivity index (χ4n) is 6.66. The average molecular weight is 917 g/mol. The van der Waals surface area contributed by atoms with Gasteiger partial charge in [-0.3, -0.25) is 4.79 Å². The van der Waals surface area contributed by atoms with E-state index in [0.29, 0.717) is 42.7 Å². The zero-order valence-corrected chi connectivity index (χ0v) is 30.0. The van der Waals surface area contributed by atoms with Gasteiger partial charge in [0.25, 0.3) is 0 Å². The lowest BCUT2D eigenvalue weighted by Gasteiger charge is -2.28. The SMILES string of the molecule is O=Cc1ccc(-c2c3nc(c(C(F)(F)C(F)(F)C(F)(F)F)c4ccc([nH]4)c(-c4c(F)c(F)c(F)c(F)c4F)c4nc(c(C(F)(F)C(F)(F)C(F)(F)F)c5ccc2[nH]5)C=C4)C=C3)cc1. The minimum Gasteiger partial charge on any atom is -0.354 e. The molecule has 0 atom stereocenters. The molecule has 5 heterocycles. The van der Waals surface area contributed by atoms with Gasteiger partial charge in [-0.05, 0) is 54.1 Å². The van der Waals surface area contributed by atoms with Crippen LogP contribution in [0.5, 0.6) is 0 Å². The lowest BCUT2D eigenvalue weighted by molar-refractivity contribution is -0.359. The third kappa shape index (κ3) is 6.71. The van der Waals surface area contributed by atoms with Gasteiger partial charge in [0.1, 0.15) is 6.29 Å². The van der Waals surface area contributed by atoms with Gasteiger partial charge in [-0.1, -0.05) is 24.3 Å². The molecule has 0 spiro atoms. The third-order valence-electron chi connectivity index (χ3n) is 9.68. The number of alkyl halides is 14. The monoisotopic (exact) mass is 916 g/mol. The number of hydrogen-bond donors (Lipinski definition) is 2. The van der Waals surface area contributed by atoms with Crippen molar-refractivity contribution in [2.45, 2.75) is 36.0 Å². The second kappa shape index (κ2) is 14.5. The molecule has 330 valence electrons. The highest BCUT2D eigenvalue weighted by Crippen LogP contribution is 2.55. The summed E-state index contributed by atoms with van der Waals surface area (Å²) in [5.41, 5.74) is -19.1. The van der Waals surface area contributed by atoms with Crippen LogP contribution in [0.1, 0.15) is 44.3 Å². The molecule has 0 saturated carbocycles. The Labute approximate surface area is 336 Å². The molecule has 5 aromatic rings. The lowest BCUT2D eigenvalue weighted by Crippen LogP contribution is -2.50. The van der Waals surface area contributed by atoms with Crippen molar-refractivity contribution < 1.29 is 88.2 Å². The number of nitrogens with zero attached hydrogens (tertiary/aromatic N) is 2. The van der Waals surface area contributed by atoms with Crippen LogP contribution in [0.3, 0.4) is 0 Å². The van der Waals surface area contributed by atoms with E-state index >= 15 is 26.3 Å². The van der Waals surface area contributed by atoms with Crippen molar-refractivity contribution >= 4 is 52.7 Å². The molecule has 0 saturated heterocycles. The average Bonchev–Trinajstić information content (AvgIpc) is 4.04. The van der Waals surface area contributed by atoms with E-state index in [9.17, 15) is 61.9 Å². The number of fused-ring (bicyclic) bond motifs is 8. The smallest absolute Gasteiger partial charge is 0.354 e. The number of halogens is 19. The van der Waals surface area contributed by atoms with Crippen molar-refractivity contribution in [3.05, 3.63) is 117 Å². The number of aromatic amines is 2. The highest BCUT2D eigenvalue weighted by atomic mass is 19.4. The van der Waals surface area contributed by atoms with Crippen LogP contribution in [0.2, 0.25) is 0 Å². The van der Waals surface area contributed by atoms with Crippen LogP contribution in [-0.2, 0) is 11.8 Å². The first kappa shape index (κ1) is 44.4. The first-order chi connectivity index (χ1) is 29.1. The van der Waals surface area contributed by atoms with E-state index in [-0.39, 0.29) is 23.3 Å². The Morgan fingerprint density at radius 3 is 1.16 bits per heavy atom. The molecule has 8 bridgehead atoms. The van der Waals surface area contributed by atoms with Crippen LogP contribution in [0.4, 0.5) is 83.4 Å². The number of hydrogen-bond acceptors (Lipinski definition) is 3. The molecule has 2 aromatic carbocycles. The molecular formula is C39H15F19N4O. The summed E-state index contributed by atoms with van der Waals surface area (Å²) in [4.78, 5) is 22.5. The molecule has 2 N–H and O–H groups in total. The molecule has 24 heteroatoms. The minimum atomic E-state index is -7.02. The molecule has 0 fully saturated rings. The van der Waals surface area contributed by atoms with Gasteiger partial charge in [-0.2, -0.15) is 61.5 Å². The molecule has 3 aromatic heterocycles. The topological polar surface area (TPSA) is 74.4 Å². The molecular weight excluding hydrogens is 901 g/mol. The van der Waals surface area contributed by atoms with Crippen LogP contribution < -0.4 is 0 Å². The summed E-state index contributed by atoms with van der Waals surface area (Å²) in [6.07, 6.45) is -12.1. The number of H-pyrrole nitrogens is 2. The number of aldehydes is 1. The van der Waals surface area contributed by atoms with Gasteiger partial charge < -0.3 is 9.97 Å². The fraction of sp³-hybridized carbons (Fsp3) is 0.154. The number of rotatable bonds is 7. The van der Waals surface area contributed by atoms with Crippen molar-refractivity contribution in [1.82, 2.24) is 19.9 Å². The Morgan fingerprint density at radius 1 is 0.413 bits per heavy atom. The molecule has 7 rings (SSSR count). The van der Waals surface area contributed by atoms with Gasteiger partial charge in [-0.15, -0.1) is 0 Å². The molecule has 0 aliphatic carbocycles. The predicted octanol–water partition coefficient (Wildman–Crippen LogP) is 13.1. The number of aromatic nitrogens is 4. The van der Waals surface area contributed by atoms with Crippen LogP contribution >= 0.6 is 0 Å². The first-order valence-electron chi connectivity index (χ1n) is 17.0. The number of benzene rings is 2. The summed E-state index contributed by atoms with van der Waals surface area (Å²) in [5, 5.41) is 0. The zero-order chi connectivity index (χ0) is 46.6. The van der Waals surface area contributed by atoms with E-state index in [1.54, 1.807) is 4.98 Å². The van der Waals surface area contributed by atoms with Crippen molar-refractivity contribution in [3.8, 4) is 22.3 Å². The maximum Gasteiger partial charge on any atom is 0.460 e. The van der Waals surface area contributed by atoms with Crippen LogP contribution in [0, 0.1) is 29.1 Å². The highest BCUT2D eigenvalue weighted by Gasteiger charge is 2.75. The van der Waals surface area contributed by atoms with Gasteiger partial charge in [0, 0.05) is 27.7 Å². The molecule has 63 heavy (non-hydrogen) atoms. The van der Waals surface area contributed by atoms with Crippen molar-refractivity contribution in [3.63, 3.8) is 0 Å². The molecule has 2 aliphatic heterocycles. The van der Waals surface area contributed by atoms with E-state index in [2.05, 4.69) is 15.0 Å².